The van der Waals surface area contributed by atoms with Crippen molar-refractivity contribution < 1.29 is 65.9 Å². The number of halogens is 4. The summed E-state index contributed by atoms with van der Waals surface area (Å²) in [5.74, 6) is -9.28. The minimum Gasteiger partial charge on any atom is -0.351 e. The van der Waals surface area contributed by atoms with Crippen molar-refractivity contribution in [2.45, 2.75) is 267 Å². The summed E-state index contributed by atoms with van der Waals surface area (Å²) >= 11 is 6.38. The van der Waals surface area contributed by atoms with E-state index in [4.69, 9.17) is 11.6 Å². The van der Waals surface area contributed by atoms with Crippen molar-refractivity contribution >= 4 is 76.6 Å². The van der Waals surface area contributed by atoms with E-state index in [0.29, 0.717) is 38.5 Å². The number of alkyl halides is 4. The fourth-order valence-electron chi connectivity index (χ4n) is 16.0. The third kappa shape index (κ3) is 17.6. The van der Waals surface area contributed by atoms with Gasteiger partial charge in [-0.15, -0.1) is 11.6 Å². The Kier molecular flexibility index (Phi) is 25.9. The maximum absolute atomic E-state index is 15.1. The van der Waals surface area contributed by atoms with E-state index in [2.05, 4.69) is 21.3 Å². The van der Waals surface area contributed by atoms with Crippen LogP contribution in [-0.2, 0) is 52.7 Å². The number of hydrogen-bond donors (Lipinski definition) is 4. The van der Waals surface area contributed by atoms with E-state index >= 15 is 9.59 Å². The number of likely N-dealkylation sites (N-methyl/N-ethyl adjacent to an activating group) is 5. The van der Waals surface area contributed by atoms with Crippen LogP contribution in [0.2, 0.25) is 0 Å². The number of rotatable bonds is 9. The zero-order valence-electron chi connectivity index (χ0n) is 57.0. The van der Waals surface area contributed by atoms with Crippen LogP contribution >= 0.6 is 11.6 Å². The number of amides is 11. The molecule has 524 valence electrons. The van der Waals surface area contributed by atoms with Gasteiger partial charge in [0.15, 0.2) is 0 Å². The topological polar surface area (TPSA) is 259 Å². The molecule has 7 fully saturated rings. The number of hydrogen-bond acceptors (Lipinski definition) is 11. The molecule has 7 rings (SSSR count). The van der Waals surface area contributed by atoms with Gasteiger partial charge in [0.05, 0.1) is 12.5 Å². The van der Waals surface area contributed by atoms with Crippen molar-refractivity contribution in [3.63, 3.8) is 0 Å². The van der Waals surface area contributed by atoms with Crippen LogP contribution in [0.3, 0.4) is 0 Å². The summed E-state index contributed by atoms with van der Waals surface area (Å²) < 4.78 is 41.8. The maximum Gasteiger partial charge on any atom is 0.393 e. The van der Waals surface area contributed by atoms with Crippen molar-refractivity contribution in [1.29, 1.82) is 0 Å². The van der Waals surface area contributed by atoms with E-state index in [-0.39, 0.29) is 101 Å². The predicted molar refractivity (Wildman–Crippen MR) is 343 cm³/mol. The van der Waals surface area contributed by atoms with E-state index in [1.165, 1.54) is 62.5 Å². The SMILES string of the molecule is CC[C@H](C)[C@@H]1NC(=O)[C@H](C2CCCC2)N(C)C(=O)C[C@@H](C)NC(=O)[C@H](C(C)C)N(C)C(=O)C2(CCCC2)NC(=O)[C@@H]2CCCN2C(=O)[C@H](CCC2CCC(C(F)(F)F)C(Cl)C2)NC(=O)CN(C)C(=O)[C@H](CC2CCCCC2)N(C)C(=O)[C@@H]2CCN2C(=O)[C@H](C)N(C)C1=O. The van der Waals surface area contributed by atoms with Crippen molar-refractivity contribution in [2.75, 3.05) is 54.9 Å². The van der Waals surface area contributed by atoms with Crippen LogP contribution in [-0.4, -0.2) is 226 Å². The van der Waals surface area contributed by atoms with E-state index < -0.39 is 161 Å². The average molecular weight is 1340 g/mol. The quantitative estimate of drug-likeness (QED) is 0.198. The molecule has 11 amide bonds. The van der Waals surface area contributed by atoms with Crippen molar-refractivity contribution in [1.82, 2.24) is 55.6 Å². The second-order valence-electron chi connectivity index (χ2n) is 29.0. The first-order valence-corrected chi connectivity index (χ1v) is 35.1. The van der Waals surface area contributed by atoms with Gasteiger partial charge in [-0.05, 0) is 127 Å². The number of nitrogens with one attached hydrogen (secondary N) is 4. The Labute approximate surface area is 553 Å². The molecule has 0 aromatic carbocycles. The first kappa shape index (κ1) is 74.6. The zero-order chi connectivity index (χ0) is 68.6. The minimum absolute atomic E-state index is 0.0182. The number of nitrogens with zero attached hydrogens (tertiary/aromatic N) is 7. The summed E-state index contributed by atoms with van der Waals surface area (Å²) in [6.45, 7) is 10.2. The largest absolute Gasteiger partial charge is 0.393 e. The molecule has 4 aliphatic carbocycles. The lowest BCUT2D eigenvalue weighted by Crippen LogP contribution is -2.65. The lowest BCUT2D eigenvalue weighted by atomic mass is 9.78. The van der Waals surface area contributed by atoms with Crippen LogP contribution in [0, 0.1) is 35.5 Å². The van der Waals surface area contributed by atoms with Gasteiger partial charge in [-0.3, -0.25) is 52.7 Å². The molecule has 3 saturated heterocycles. The highest BCUT2D eigenvalue weighted by molar-refractivity contribution is 6.20. The summed E-state index contributed by atoms with van der Waals surface area (Å²) in [5.41, 5.74) is -1.47. The summed E-state index contributed by atoms with van der Waals surface area (Å²) in [6.07, 6.45) is 6.06. The van der Waals surface area contributed by atoms with Crippen molar-refractivity contribution in [3.8, 4) is 0 Å². The molecule has 0 radical (unpaired) electrons. The summed E-state index contributed by atoms with van der Waals surface area (Å²) in [6, 6.07) is -9.55. The molecule has 1 spiro atoms. The molecular formula is C67H107ClF3N11O11. The Bertz CT molecular complexity index is 2710. The van der Waals surface area contributed by atoms with Gasteiger partial charge in [-0.1, -0.05) is 91.9 Å². The third-order valence-electron chi connectivity index (χ3n) is 22.1. The molecule has 0 bridgehead atoms. The second kappa shape index (κ2) is 32.3. The number of carbonyl (C=O) groups is 11. The van der Waals surface area contributed by atoms with Gasteiger partial charge in [0, 0.05) is 66.2 Å². The molecule has 22 nitrogen and oxygen atoms in total. The van der Waals surface area contributed by atoms with Gasteiger partial charge in [0.1, 0.15) is 53.9 Å². The fraction of sp³-hybridized carbons (Fsp3) is 0.836. The zero-order valence-corrected chi connectivity index (χ0v) is 57.7. The molecule has 13 atom stereocenters. The molecule has 3 aliphatic heterocycles. The summed E-state index contributed by atoms with van der Waals surface area (Å²) in [7, 11) is 7.44. The van der Waals surface area contributed by atoms with Crippen LogP contribution in [0.4, 0.5) is 13.2 Å². The van der Waals surface area contributed by atoms with Gasteiger partial charge in [-0.2, -0.15) is 13.2 Å². The van der Waals surface area contributed by atoms with Crippen LogP contribution in [0.25, 0.3) is 0 Å². The van der Waals surface area contributed by atoms with E-state index in [1.54, 1.807) is 34.7 Å². The standard InChI is InChI=1S/C67H107ClF3N11O11/c1-12-40(4)54-64(92)77(8)42(6)60(88)82-34-30-50(82)63(91)78(9)51(37-43-21-14-13-15-22-43)62(90)76(7)38-52(83)73-48(29-27-44-26-28-46(47(68)36-44)67(69,70)71)61(89)81-33-20-25-49(81)57(85)75-66(31-18-19-32-66)65(93)80(11)55(39(2)3)58(86)72-41(5)35-53(84)79(10)56(59(87)74-54)45-23-16-17-24-45/h39-51,54-56H,12-38H2,1-11H3,(H,72,86)(H,73,83)(H,74,87)(H,75,85)/t40-,41+,42-,44?,46?,47?,48-,49-,50-,51-,54-,55-,56-/m0/s1. The van der Waals surface area contributed by atoms with Crippen LogP contribution in [0.15, 0.2) is 0 Å². The molecule has 3 unspecified atom stereocenters. The number of carbonyl (C=O) groups excluding carboxylic acids is 11. The molecule has 0 aromatic rings. The molecule has 3 heterocycles. The van der Waals surface area contributed by atoms with E-state index in [1.807, 2.05) is 13.8 Å². The first-order valence-electron chi connectivity index (χ1n) is 34.7. The molecule has 93 heavy (non-hydrogen) atoms. The Morgan fingerprint density at radius 3 is 1.83 bits per heavy atom. The second-order valence-corrected chi connectivity index (χ2v) is 29.5. The highest BCUT2D eigenvalue weighted by atomic mass is 35.5. The number of fused-ring (bicyclic) bond motifs is 2. The Morgan fingerprint density at radius 2 is 1.24 bits per heavy atom. The Hall–Kier alpha value is -5.75. The molecule has 7 aliphatic rings. The Balaban J connectivity index is 1.22. The van der Waals surface area contributed by atoms with Crippen LogP contribution in [0.1, 0.15) is 196 Å². The minimum atomic E-state index is -4.49. The lowest BCUT2D eigenvalue weighted by molar-refractivity contribution is -0.182. The monoisotopic (exact) mass is 1330 g/mol. The Morgan fingerprint density at radius 1 is 0.602 bits per heavy atom. The fourth-order valence-corrected chi connectivity index (χ4v) is 16.5. The maximum atomic E-state index is 15.1. The van der Waals surface area contributed by atoms with Gasteiger partial charge in [0.25, 0.3) is 0 Å². The van der Waals surface area contributed by atoms with E-state index in [0.717, 1.165) is 44.9 Å². The van der Waals surface area contributed by atoms with Crippen LogP contribution < -0.4 is 21.3 Å². The lowest BCUT2D eigenvalue weighted by Gasteiger charge is -2.45. The molecule has 26 heteroatoms. The molecule has 4 N–H and O–H groups in total. The first-order chi connectivity index (χ1) is 43.8. The molecular weight excluding hydrogens is 1230 g/mol. The molecule has 4 saturated carbocycles. The average Bonchev–Trinajstić information content (AvgIpc) is 1.70. The van der Waals surface area contributed by atoms with Gasteiger partial charge < -0.3 is 55.6 Å². The van der Waals surface area contributed by atoms with Crippen molar-refractivity contribution in [2.24, 2.45) is 35.5 Å². The van der Waals surface area contributed by atoms with Gasteiger partial charge in [0.2, 0.25) is 65.0 Å². The third-order valence-corrected chi connectivity index (χ3v) is 22.6. The van der Waals surface area contributed by atoms with Crippen LogP contribution in [0.5, 0.6) is 0 Å². The normalized spacial score (nSPS) is 32.3. The predicted octanol–water partition coefficient (Wildman–Crippen LogP) is 5.90. The van der Waals surface area contributed by atoms with Crippen molar-refractivity contribution in [3.05, 3.63) is 0 Å². The van der Waals surface area contributed by atoms with E-state index in [9.17, 15) is 56.3 Å². The smallest absolute Gasteiger partial charge is 0.351 e. The molecule has 0 aromatic heterocycles. The summed E-state index contributed by atoms with van der Waals surface area (Å²) in [5, 5.41) is 10.6. The van der Waals surface area contributed by atoms with Gasteiger partial charge in [-0.25, -0.2) is 0 Å². The summed E-state index contributed by atoms with van der Waals surface area (Å²) in [4.78, 5) is 172. The highest BCUT2D eigenvalue weighted by Crippen LogP contribution is 2.44. The van der Waals surface area contributed by atoms with Gasteiger partial charge >= 0.3 is 6.18 Å². The highest BCUT2D eigenvalue weighted by Gasteiger charge is 2.52.